The van der Waals surface area contributed by atoms with E-state index in [4.69, 9.17) is 23.2 Å². The van der Waals surface area contributed by atoms with Crippen LogP contribution in [-0.2, 0) is 0 Å². The first kappa shape index (κ1) is 12.9. The molecular weight excluding hydrogens is 273 g/mol. The molecule has 1 N–H and O–H groups in total. The van der Waals surface area contributed by atoms with Crippen LogP contribution in [0.15, 0.2) is 30.3 Å². The maximum Gasteiger partial charge on any atom is 0.0931 e. The highest BCUT2D eigenvalue weighted by Gasteiger charge is 2.14. The van der Waals surface area contributed by atoms with E-state index >= 15 is 0 Å². The summed E-state index contributed by atoms with van der Waals surface area (Å²) in [7, 11) is 1.94. The Hall–Kier alpha value is -0.540. The van der Waals surface area contributed by atoms with E-state index < -0.39 is 0 Å². The molecule has 0 radical (unpaired) electrons. The molecule has 0 aliphatic rings. The van der Waals surface area contributed by atoms with Crippen LogP contribution in [0.3, 0.4) is 0 Å². The first-order chi connectivity index (χ1) is 8.11. The van der Waals surface area contributed by atoms with Crippen molar-refractivity contribution in [2.45, 2.75) is 13.0 Å². The van der Waals surface area contributed by atoms with Gasteiger partial charge < -0.3 is 5.32 Å². The molecule has 90 valence electrons. The SMILES string of the molecule is CNC(c1ccc(C)c(Cl)c1)c1ccc(Cl)s1. The average molecular weight is 286 g/mol. The number of rotatable bonds is 3. The molecule has 2 aromatic rings. The summed E-state index contributed by atoms with van der Waals surface area (Å²) in [5.41, 5.74) is 2.25. The number of benzene rings is 1. The fourth-order valence-electron chi connectivity index (χ4n) is 1.75. The predicted molar refractivity (Wildman–Crippen MR) is 76.4 cm³/mol. The van der Waals surface area contributed by atoms with Gasteiger partial charge in [-0.05, 0) is 43.3 Å². The number of nitrogens with one attached hydrogen (secondary N) is 1. The maximum absolute atomic E-state index is 6.16. The van der Waals surface area contributed by atoms with Gasteiger partial charge in [0.15, 0.2) is 0 Å². The highest BCUT2D eigenvalue weighted by atomic mass is 35.5. The van der Waals surface area contributed by atoms with Crippen molar-refractivity contribution in [2.75, 3.05) is 7.05 Å². The van der Waals surface area contributed by atoms with Crippen LogP contribution in [0.2, 0.25) is 9.36 Å². The van der Waals surface area contributed by atoms with Crippen LogP contribution in [0, 0.1) is 6.92 Å². The standard InChI is InChI=1S/C13H13Cl2NS/c1-8-3-4-9(7-10(8)14)13(16-2)11-5-6-12(15)17-11/h3-7,13,16H,1-2H3. The summed E-state index contributed by atoms with van der Waals surface area (Å²) in [4.78, 5) is 1.19. The van der Waals surface area contributed by atoms with Gasteiger partial charge in [-0.25, -0.2) is 0 Å². The van der Waals surface area contributed by atoms with Crippen LogP contribution in [0.1, 0.15) is 22.0 Å². The summed E-state index contributed by atoms with van der Waals surface area (Å²) in [6, 6.07) is 10.2. The van der Waals surface area contributed by atoms with Gasteiger partial charge in [-0.3, -0.25) is 0 Å². The van der Waals surface area contributed by atoms with Crippen molar-refractivity contribution in [3.63, 3.8) is 0 Å². The zero-order valence-electron chi connectivity index (χ0n) is 9.63. The normalized spacial score (nSPS) is 12.7. The summed E-state index contributed by atoms with van der Waals surface area (Å²) in [5.74, 6) is 0. The molecule has 4 heteroatoms. The highest BCUT2D eigenvalue weighted by molar-refractivity contribution is 7.16. The van der Waals surface area contributed by atoms with E-state index in [-0.39, 0.29) is 6.04 Å². The average Bonchev–Trinajstić information content (AvgIpc) is 2.71. The molecule has 1 aromatic carbocycles. The van der Waals surface area contributed by atoms with Gasteiger partial charge in [0.25, 0.3) is 0 Å². The van der Waals surface area contributed by atoms with Gasteiger partial charge in [0.2, 0.25) is 0 Å². The van der Waals surface area contributed by atoms with Crippen LogP contribution in [-0.4, -0.2) is 7.05 Å². The first-order valence-corrected chi connectivity index (χ1v) is 6.87. The Labute approximate surface area is 115 Å². The van der Waals surface area contributed by atoms with Crippen molar-refractivity contribution in [1.29, 1.82) is 0 Å². The molecule has 2 rings (SSSR count). The van der Waals surface area contributed by atoms with Crippen LogP contribution < -0.4 is 5.32 Å². The minimum atomic E-state index is 0.144. The molecule has 1 nitrogen and oxygen atoms in total. The monoisotopic (exact) mass is 285 g/mol. The third kappa shape index (κ3) is 2.83. The third-order valence-electron chi connectivity index (χ3n) is 2.70. The van der Waals surface area contributed by atoms with E-state index in [1.54, 1.807) is 11.3 Å². The van der Waals surface area contributed by atoms with E-state index in [9.17, 15) is 0 Å². The number of hydrogen-bond donors (Lipinski definition) is 1. The number of halogens is 2. The number of thiophene rings is 1. The molecule has 0 amide bonds. The Morgan fingerprint density at radius 3 is 2.47 bits per heavy atom. The van der Waals surface area contributed by atoms with Gasteiger partial charge in [0.1, 0.15) is 0 Å². The van der Waals surface area contributed by atoms with Crippen molar-refractivity contribution in [1.82, 2.24) is 5.32 Å². The molecule has 17 heavy (non-hydrogen) atoms. The van der Waals surface area contributed by atoms with Crippen molar-refractivity contribution < 1.29 is 0 Å². The number of aryl methyl sites for hydroxylation is 1. The highest BCUT2D eigenvalue weighted by Crippen LogP contribution is 2.32. The summed E-state index contributed by atoms with van der Waals surface area (Å²) in [6.07, 6.45) is 0. The smallest absolute Gasteiger partial charge is 0.0931 e. The maximum atomic E-state index is 6.16. The van der Waals surface area contributed by atoms with Gasteiger partial charge >= 0.3 is 0 Å². The zero-order valence-corrected chi connectivity index (χ0v) is 12.0. The molecule has 0 fully saturated rings. The Bertz CT molecular complexity index is 522. The van der Waals surface area contributed by atoms with Crippen LogP contribution >= 0.6 is 34.5 Å². The number of hydrogen-bond acceptors (Lipinski definition) is 2. The summed E-state index contributed by atoms with van der Waals surface area (Å²) < 4.78 is 0.804. The van der Waals surface area contributed by atoms with E-state index in [0.29, 0.717) is 0 Å². The van der Waals surface area contributed by atoms with Gasteiger partial charge in [0, 0.05) is 9.90 Å². The quantitative estimate of drug-likeness (QED) is 0.864. The van der Waals surface area contributed by atoms with Crippen molar-refractivity contribution in [3.05, 3.63) is 55.7 Å². The van der Waals surface area contributed by atoms with Crippen LogP contribution in [0.5, 0.6) is 0 Å². The van der Waals surface area contributed by atoms with E-state index in [2.05, 4.69) is 11.4 Å². The lowest BCUT2D eigenvalue weighted by Gasteiger charge is -2.15. The lowest BCUT2D eigenvalue weighted by Crippen LogP contribution is -2.16. The van der Waals surface area contributed by atoms with Gasteiger partial charge in [0.05, 0.1) is 10.4 Å². The Balaban J connectivity index is 2.38. The minimum Gasteiger partial charge on any atom is -0.309 e. The van der Waals surface area contributed by atoms with E-state index in [1.807, 2.05) is 38.2 Å². The van der Waals surface area contributed by atoms with Gasteiger partial charge in [-0.15, -0.1) is 11.3 Å². The lowest BCUT2D eigenvalue weighted by molar-refractivity contribution is 0.704. The largest absolute Gasteiger partial charge is 0.309 e. The van der Waals surface area contributed by atoms with Gasteiger partial charge in [-0.1, -0.05) is 35.3 Å². The molecule has 0 saturated heterocycles. The molecule has 0 aliphatic heterocycles. The molecule has 0 spiro atoms. The van der Waals surface area contributed by atoms with Crippen molar-refractivity contribution in [2.24, 2.45) is 0 Å². The molecule has 1 atom stereocenters. The molecule has 0 saturated carbocycles. The van der Waals surface area contributed by atoms with Gasteiger partial charge in [-0.2, -0.15) is 0 Å². The van der Waals surface area contributed by atoms with Crippen molar-refractivity contribution in [3.8, 4) is 0 Å². The van der Waals surface area contributed by atoms with Crippen LogP contribution in [0.4, 0.5) is 0 Å². The third-order valence-corrected chi connectivity index (χ3v) is 4.40. The van der Waals surface area contributed by atoms with E-state index in [1.165, 1.54) is 4.88 Å². The summed E-state index contributed by atoms with van der Waals surface area (Å²) in [6.45, 7) is 2.00. The molecular formula is C13H13Cl2NS. The topological polar surface area (TPSA) is 12.0 Å². The fourth-order valence-corrected chi connectivity index (χ4v) is 3.13. The second-order valence-electron chi connectivity index (χ2n) is 3.87. The Morgan fingerprint density at radius 2 is 1.94 bits per heavy atom. The second kappa shape index (κ2) is 5.40. The Kier molecular flexibility index (Phi) is 4.10. The molecule has 0 bridgehead atoms. The Morgan fingerprint density at radius 1 is 1.18 bits per heavy atom. The predicted octanol–water partition coefficient (Wildman–Crippen LogP) is 4.67. The molecule has 1 unspecified atom stereocenters. The first-order valence-electron chi connectivity index (χ1n) is 5.30. The molecule has 1 aromatic heterocycles. The lowest BCUT2D eigenvalue weighted by atomic mass is 10.0. The van der Waals surface area contributed by atoms with Crippen LogP contribution in [0.25, 0.3) is 0 Å². The second-order valence-corrected chi connectivity index (χ2v) is 6.03. The molecule has 0 aliphatic carbocycles. The fraction of sp³-hybridized carbons (Fsp3) is 0.231. The minimum absolute atomic E-state index is 0.144. The van der Waals surface area contributed by atoms with E-state index in [0.717, 1.165) is 20.5 Å². The van der Waals surface area contributed by atoms with Crippen molar-refractivity contribution >= 4 is 34.5 Å². The zero-order chi connectivity index (χ0) is 12.4. The molecule has 1 heterocycles. The summed E-state index contributed by atoms with van der Waals surface area (Å²) >= 11 is 13.7. The summed E-state index contributed by atoms with van der Waals surface area (Å²) in [5, 5.41) is 4.08.